The number of methoxy groups -OCH3 is 1. The molecule has 0 aromatic heterocycles. The maximum atomic E-state index is 11.7. The van der Waals surface area contributed by atoms with E-state index in [9.17, 15) is 4.79 Å². The molecule has 0 aliphatic carbocycles. The smallest absolute Gasteiger partial charge is 0.337 e. The second-order valence-corrected chi connectivity index (χ2v) is 6.36. The molecule has 1 aromatic carbocycles. The molecule has 2 atom stereocenters. The third-order valence-electron chi connectivity index (χ3n) is 4.52. The number of benzene rings is 1. The Morgan fingerprint density at radius 3 is 3.00 bits per heavy atom. The number of likely N-dealkylation sites (N-methyl/N-ethyl adjacent to an activating group) is 1. The first-order valence-corrected chi connectivity index (χ1v) is 7.87. The van der Waals surface area contributed by atoms with Gasteiger partial charge in [-0.25, -0.2) is 4.79 Å². The maximum absolute atomic E-state index is 11.7. The SMILES string of the molecule is COC(=O)c1ccc(Cl)c(CN2C[C@@H]3OCCN(C)[C@H]3C2)c1. The molecule has 120 valence electrons. The number of fused-ring (bicyclic) bond motifs is 1. The standard InChI is InChI=1S/C16H21ClN2O3/c1-18-5-6-22-15-10-19(9-14(15)18)8-12-7-11(16(20)21-2)3-4-13(12)17/h3-4,7,14-15H,5-6,8-10H2,1-2H3/t14-,15-/m0/s1. The highest BCUT2D eigenvalue weighted by Crippen LogP contribution is 2.26. The summed E-state index contributed by atoms with van der Waals surface area (Å²) in [4.78, 5) is 16.4. The van der Waals surface area contributed by atoms with E-state index in [2.05, 4.69) is 16.8 Å². The van der Waals surface area contributed by atoms with Gasteiger partial charge in [0.05, 0.1) is 25.4 Å². The molecule has 1 aromatic rings. The van der Waals surface area contributed by atoms with Gasteiger partial charge in [-0.1, -0.05) is 11.6 Å². The van der Waals surface area contributed by atoms with Crippen LogP contribution in [-0.2, 0) is 16.0 Å². The Morgan fingerprint density at radius 1 is 1.45 bits per heavy atom. The van der Waals surface area contributed by atoms with Gasteiger partial charge >= 0.3 is 5.97 Å². The van der Waals surface area contributed by atoms with Crippen molar-refractivity contribution in [1.82, 2.24) is 9.80 Å². The van der Waals surface area contributed by atoms with Crippen molar-refractivity contribution in [2.24, 2.45) is 0 Å². The number of nitrogens with zero attached hydrogens (tertiary/aromatic N) is 2. The summed E-state index contributed by atoms with van der Waals surface area (Å²) in [5.41, 5.74) is 1.48. The molecule has 0 bridgehead atoms. The number of esters is 1. The Hall–Kier alpha value is -1.14. The van der Waals surface area contributed by atoms with Crippen LogP contribution in [0.3, 0.4) is 0 Å². The normalized spacial score (nSPS) is 26.0. The fourth-order valence-corrected chi connectivity index (χ4v) is 3.42. The Morgan fingerprint density at radius 2 is 2.27 bits per heavy atom. The summed E-state index contributed by atoms with van der Waals surface area (Å²) in [7, 11) is 3.53. The summed E-state index contributed by atoms with van der Waals surface area (Å²) >= 11 is 6.28. The van der Waals surface area contributed by atoms with Crippen LogP contribution in [0.15, 0.2) is 18.2 Å². The number of carbonyl (C=O) groups is 1. The molecule has 5 nitrogen and oxygen atoms in total. The van der Waals surface area contributed by atoms with Crippen molar-refractivity contribution in [2.75, 3.05) is 40.4 Å². The van der Waals surface area contributed by atoms with Gasteiger partial charge < -0.3 is 9.47 Å². The van der Waals surface area contributed by atoms with Gasteiger partial charge in [-0.05, 0) is 30.8 Å². The van der Waals surface area contributed by atoms with E-state index in [1.54, 1.807) is 12.1 Å². The summed E-state index contributed by atoms with van der Waals surface area (Å²) < 4.78 is 10.6. The first-order valence-electron chi connectivity index (χ1n) is 7.49. The van der Waals surface area contributed by atoms with Gasteiger partial charge in [0.15, 0.2) is 0 Å². The number of ether oxygens (including phenoxy) is 2. The van der Waals surface area contributed by atoms with Crippen LogP contribution in [0.1, 0.15) is 15.9 Å². The summed E-state index contributed by atoms with van der Waals surface area (Å²) in [6.07, 6.45) is 0.265. The highest BCUT2D eigenvalue weighted by Gasteiger charge is 2.38. The fraction of sp³-hybridized carbons (Fsp3) is 0.562. The zero-order chi connectivity index (χ0) is 15.7. The molecular formula is C16H21ClN2O3. The number of hydrogen-bond donors (Lipinski definition) is 0. The van der Waals surface area contributed by atoms with E-state index in [-0.39, 0.29) is 12.1 Å². The van der Waals surface area contributed by atoms with Crippen molar-refractivity contribution in [3.63, 3.8) is 0 Å². The van der Waals surface area contributed by atoms with Crippen molar-refractivity contribution in [2.45, 2.75) is 18.7 Å². The molecule has 0 radical (unpaired) electrons. The molecule has 0 saturated carbocycles. The number of rotatable bonds is 3. The van der Waals surface area contributed by atoms with Crippen LogP contribution in [0.25, 0.3) is 0 Å². The summed E-state index contributed by atoms with van der Waals surface area (Å²) in [6.45, 7) is 4.35. The molecule has 3 rings (SSSR count). The third-order valence-corrected chi connectivity index (χ3v) is 4.88. The predicted octanol–water partition coefficient (Wildman–Crippen LogP) is 1.64. The molecule has 0 spiro atoms. The summed E-state index contributed by atoms with van der Waals surface area (Å²) in [6, 6.07) is 5.71. The van der Waals surface area contributed by atoms with Crippen LogP contribution in [0.5, 0.6) is 0 Å². The van der Waals surface area contributed by atoms with E-state index in [1.807, 2.05) is 6.07 Å². The lowest BCUT2D eigenvalue weighted by Gasteiger charge is -2.33. The number of hydrogen-bond acceptors (Lipinski definition) is 5. The van der Waals surface area contributed by atoms with Gasteiger partial charge in [0.1, 0.15) is 0 Å². The average Bonchev–Trinajstić information content (AvgIpc) is 2.93. The Balaban J connectivity index is 1.72. The van der Waals surface area contributed by atoms with Crippen LogP contribution in [0.2, 0.25) is 5.02 Å². The van der Waals surface area contributed by atoms with Crippen LogP contribution in [0.4, 0.5) is 0 Å². The van der Waals surface area contributed by atoms with E-state index in [0.717, 1.165) is 31.8 Å². The fourth-order valence-electron chi connectivity index (χ4n) is 3.24. The van der Waals surface area contributed by atoms with E-state index >= 15 is 0 Å². The zero-order valence-corrected chi connectivity index (χ0v) is 13.7. The van der Waals surface area contributed by atoms with Gasteiger partial charge in [-0.2, -0.15) is 0 Å². The zero-order valence-electron chi connectivity index (χ0n) is 12.9. The molecule has 2 fully saturated rings. The molecular weight excluding hydrogens is 304 g/mol. The number of morpholine rings is 1. The van der Waals surface area contributed by atoms with Crippen LogP contribution in [-0.4, -0.2) is 68.3 Å². The summed E-state index contributed by atoms with van der Waals surface area (Å²) in [5, 5.41) is 0.678. The molecule has 2 heterocycles. The summed E-state index contributed by atoms with van der Waals surface area (Å²) in [5.74, 6) is -0.337. The molecule has 2 aliphatic rings. The Kier molecular flexibility index (Phi) is 4.68. The Labute approximate surface area is 135 Å². The van der Waals surface area contributed by atoms with Gasteiger partial charge in [0.25, 0.3) is 0 Å². The first kappa shape index (κ1) is 15.7. The number of carbonyl (C=O) groups excluding carboxylic acids is 1. The average molecular weight is 325 g/mol. The highest BCUT2D eigenvalue weighted by molar-refractivity contribution is 6.31. The number of likely N-dealkylation sites (tertiary alicyclic amines) is 1. The largest absolute Gasteiger partial charge is 0.465 e. The molecule has 0 unspecified atom stereocenters. The minimum Gasteiger partial charge on any atom is -0.465 e. The topological polar surface area (TPSA) is 42.0 Å². The first-order chi connectivity index (χ1) is 10.6. The number of halogens is 1. The molecule has 22 heavy (non-hydrogen) atoms. The van der Waals surface area contributed by atoms with Gasteiger partial charge in [0, 0.05) is 37.2 Å². The lowest BCUT2D eigenvalue weighted by Crippen LogP contribution is -2.48. The molecule has 6 heteroatoms. The van der Waals surface area contributed by atoms with Gasteiger partial charge in [-0.15, -0.1) is 0 Å². The third kappa shape index (κ3) is 3.13. The van der Waals surface area contributed by atoms with Crippen molar-refractivity contribution in [1.29, 1.82) is 0 Å². The molecule has 0 amide bonds. The minimum atomic E-state index is -0.337. The van der Waals surface area contributed by atoms with Crippen molar-refractivity contribution < 1.29 is 14.3 Å². The van der Waals surface area contributed by atoms with Gasteiger partial charge in [0.2, 0.25) is 0 Å². The lowest BCUT2D eigenvalue weighted by atomic mass is 10.1. The van der Waals surface area contributed by atoms with Crippen LogP contribution in [0, 0.1) is 0 Å². The molecule has 2 aliphatic heterocycles. The molecule has 2 saturated heterocycles. The van der Waals surface area contributed by atoms with E-state index in [4.69, 9.17) is 21.1 Å². The lowest BCUT2D eigenvalue weighted by molar-refractivity contribution is -0.0370. The quantitative estimate of drug-likeness (QED) is 0.791. The monoisotopic (exact) mass is 324 g/mol. The van der Waals surface area contributed by atoms with Crippen LogP contribution >= 0.6 is 11.6 Å². The van der Waals surface area contributed by atoms with E-state index in [1.165, 1.54) is 7.11 Å². The van der Waals surface area contributed by atoms with Crippen molar-refractivity contribution in [3.05, 3.63) is 34.3 Å². The van der Waals surface area contributed by atoms with Crippen molar-refractivity contribution in [3.8, 4) is 0 Å². The van der Waals surface area contributed by atoms with Crippen LogP contribution < -0.4 is 0 Å². The maximum Gasteiger partial charge on any atom is 0.337 e. The molecule has 0 N–H and O–H groups in total. The predicted molar refractivity (Wildman–Crippen MR) is 84.2 cm³/mol. The van der Waals surface area contributed by atoms with Gasteiger partial charge in [-0.3, -0.25) is 9.80 Å². The van der Waals surface area contributed by atoms with E-state index in [0.29, 0.717) is 23.2 Å². The van der Waals surface area contributed by atoms with E-state index < -0.39 is 0 Å². The second-order valence-electron chi connectivity index (χ2n) is 5.95. The minimum absolute atomic E-state index is 0.265. The highest BCUT2D eigenvalue weighted by atomic mass is 35.5. The second kappa shape index (κ2) is 6.54. The Bertz CT molecular complexity index is 566. The van der Waals surface area contributed by atoms with Crippen molar-refractivity contribution >= 4 is 17.6 Å².